The Labute approximate surface area is 154 Å². The fourth-order valence-corrected chi connectivity index (χ4v) is 4.03. The maximum atomic E-state index is 12.4. The lowest BCUT2D eigenvalue weighted by atomic mass is 9.89. The van der Waals surface area contributed by atoms with Crippen LogP contribution in [0.1, 0.15) is 29.3 Å². The monoisotopic (exact) mass is 403 g/mol. The Bertz CT molecular complexity index is 808. The highest BCUT2D eigenvalue weighted by atomic mass is 79.9. The molecule has 1 heterocycles. The van der Waals surface area contributed by atoms with Crippen LogP contribution in [-0.4, -0.2) is 16.8 Å². The van der Waals surface area contributed by atoms with Gasteiger partial charge in [-0.15, -0.1) is 0 Å². The largest absolute Gasteiger partial charge is 0.379 e. The molecule has 0 saturated heterocycles. The number of amidine groups is 1. The molecule has 2 aromatic rings. The number of rotatable bonds is 3. The van der Waals surface area contributed by atoms with Gasteiger partial charge in [-0.1, -0.05) is 45.9 Å². The minimum Gasteiger partial charge on any atom is -0.379 e. The lowest BCUT2D eigenvalue weighted by molar-refractivity contribution is 0.102. The third kappa shape index (κ3) is 3.82. The average molecular weight is 404 g/mol. The van der Waals surface area contributed by atoms with E-state index >= 15 is 0 Å². The van der Waals surface area contributed by atoms with Crippen LogP contribution in [0.5, 0.6) is 0 Å². The Morgan fingerprint density at radius 3 is 2.83 bits per heavy atom. The topological polar surface area (TPSA) is 67.5 Å². The summed E-state index contributed by atoms with van der Waals surface area (Å²) in [4.78, 5) is 17.0. The summed E-state index contributed by atoms with van der Waals surface area (Å²) in [6.45, 7) is 2.08. The molecule has 0 fully saturated rings. The van der Waals surface area contributed by atoms with Gasteiger partial charge in [0.05, 0.1) is 5.54 Å². The fourth-order valence-electron chi connectivity index (χ4n) is 2.66. The molecule has 124 valence electrons. The maximum absolute atomic E-state index is 12.4. The standard InChI is InChI=1S/C18H18BrN3OS/c1-18(8-9-24-17(20)22-18)13-5-3-7-15(11-13)21-16(23)12-4-2-6-14(19)10-12/h2-7,10-11H,8-9H2,1H3,(H2,20,22)(H,21,23). The molecule has 4 nitrogen and oxygen atoms in total. The summed E-state index contributed by atoms with van der Waals surface area (Å²) >= 11 is 4.97. The number of nitrogens with zero attached hydrogens (tertiary/aromatic N) is 1. The normalized spacial score (nSPS) is 20.3. The van der Waals surface area contributed by atoms with Gasteiger partial charge in [0.15, 0.2) is 5.17 Å². The van der Waals surface area contributed by atoms with Crippen LogP contribution in [0.2, 0.25) is 0 Å². The van der Waals surface area contributed by atoms with Crippen molar-refractivity contribution >= 4 is 44.5 Å². The van der Waals surface area contributed by atoms with E-state index in [1.807, 2.05) is 36.4 Å². The fraction of sp³-hybridized carbons (Fsp3) is 0.222. The zero-order chi connectivity index (χ0) is 17.2. The summed E-state index contributed by atoms with van der Waals surface area (Å²) in [5.74, 6) is 0.807. The van der Waals surface area contributed by atoms with Gasteiger partial charge < -0.3 is 11.1 Å². The number of halogens is 1. The van der Waals surface area contributed by atoms with Crippen molar-refractivity contribution in [2.24, 2.45) is 10.7 Å². The van der Waals surface area contributed by atoms with Gasteiger partial charge in [-0.25, -0.2) is 0 Å². The molecular formula is C18H18BrN3OS. The molecule has 0 saturated carbocycles. The highest BCUT2D eigenvalue weighted by molar-refractivity contribution is 9.10. The molecule has 1 amide bonds. The summed E-state index contributed by atoms with van der Waals surface area (Å²) in [5.41, 5.74) is 7.97. The van der Waals surface area contributed by atoms with Gasteiger partial charge in [0, 0.05) is 21.5 Å². The van der Waals surface area contributed by atoms with Gasteiger partial charge in [0.25, 0.3) is 5.91 Å². The van der Waals surface area contributed by atoms with Crippen molar-refractivity contribution in [3.05, 3.63) is 64.1 Å². The van der Waals surface area contributed by atoms with Crippen LogP contribution in [0.15, 0.2) is 58.0 Å². The number of carbonyl (C=O) groups is 1. The highest BCUT2D eigenvalue weighted by Crippen LogP contribution is 2.35. The first kappa shape index (κ1) is 17.0. The summed E-state index contributed by atoms with van der Waals surface area (Å²) in [6.07, 6.45) is 0.918. The molecule has 0 radical (unpaired) electrons. The summed E-state index contributed by atoms with van der Waals surface area (Å²) in [7, 11) is 0. The van der Waals surface area contributed by atoms with Crippen LogP contribution in [0.4, 0.5) is 5.69 Å². The first-order valence-electron chi connectivity index (χ1n) is 7.62. The van der Waals surface area contributed by atoms with E-state index in [1.165, 1.54) is 0 Å². The summed E-state index contributed by atoms with van der Waals surface area (Å²) < 4.78 is 0.876. The number of carbonyl (C=O) groups excluding carboxylic acids is 1. The van der Waals surface area contributed by atoms with Crippen LogP contribution in [0.25, 0.3) is 0 Å². The minimum atomic E-state index is -0.341. The molecule has 1 aliphatic heterocycles. The molecule has 1 unspecified atom stereocenters. The van der Waals surface area contributed by atoms with E-state index in [-0.39, 0.29) is 11.4 Å². The van der Waals surface area contributed by atoms with Crippen LogP contribution < -0.4 is 11.1 Å². The Morgan fingerprint density at radius 2 is 2.08 bits per heavy atom. The SMILES string of the molecule is CC1(c2cccc(NC(=O)c3cccc(Br)c3)c2)CCSC(N)=N1. The number of benzene rings is 2. The number of anilines is 1. The third-order valence-electron chi connectivity index (χ3n) is 4.02. The molecule has 0 aliphatic carbocycles. The number of nitrogens with one attached hydrogen (secondary N) is 1. The first-order valence-corrected chi connectivity index (χ1v) is 9.40. The molecule has 6 heteroatoms. The van der Waals surface area contributed by atoms with Gasteiger partial charge in [-0.2, -0.15) is 0 Å². The molecule has 0 bridgehead atoms. The van der Waals surface area contributed by atoms with E-state index in [1.54, 1.807) is 23.9 Å². The molecule has 1 aliphatic rings. The molecule has 1 atom stereocenters. The Kier molecular flexibility index (Phi) is 4.96. The Hall–Kier alpha value is -1.79. The first-order chi connectivity index (χ1) is 11.5. The van der Waals surface area contributed by atoms with Crippen LogP contribution in [-0.2, 0) is 5.54 Å². The van der Waals surface area contributed by atoms with Crippen molar-refractivity contribution < 1.29 is 4.79 Å². The number of hydrogen-bond donors (Lipinski definition) is 2. The summed E-state index contributed by atoms with van der Waals surface area (Å²) in [6, 6.07) is 15.1. The second-order valence-corrected chi connectivity index (χ2v) is 7.90. The maximum Gasteiger partial charge on any atom is 0.255 e. The highest BCUT2D eigenvalue weighted by Gasteiger charge is 2.29. The molecule has 3 N–H and O–H groups in total. The molecular weight excluding hydrogens is 386 g/mol. The van der Waals surface area contributed by atoms with E-state index in [9.17, 15) is 4.79 Å². The zero-order valence-corrected chi connectivity index (χ0v) is 15.7. The van der Waals surface area contributed by atoms with Crippen molar-refractivity contribution in [2.75, 3.05) is 11.1 Å². The number of aliphatic imine (C=N–C) groups is 1. The van der Waals surface area contributed by atoms with Crippen molar-refractivity contribution in [2.45, 2.75) is 18.9 Å². The smallest absolute Gasteiger partial charge is 0.255 e. The van der Waals surface area contributed by atoms with Crippen LogP contribution >= 0.6 is 27.7 Å². The molecule has 24 heavy (non-hydrogen) atoms. The van der Waals surface area contributed by atoms with Gasteiger partial charge in [0.2, 0.25) is 0 Å². The number of thioether (sulfide) groups is 1. The second kappa shape index (κ2) is 6.99. The van der Waals surface area contributed by atoms with E-state index < -0.39 is 0 Å². The predicted molar refractivity (Wildman–Crippen MR) is 105 cm³/mol. The van der Waals surface area contributed by atoms with E-state index in [2.05, 4.69) is 33.2 Å². The van der Waals surface area contributed by atoms with Crippen LogP contribution in [0, 0.1) is 0 Å². The van der Waals surface area contributed by atoms with Gasteiger partial charge in [-0.05, 0) is 49.2 Å². The molecule has 0 aromatic heterocycles. The van der Waals surface area contributed by atoms with E-state index in [0.29, 0.717) is 10.7 Å². The Balaban J connectivity index is 1.83. The van der Waals surface area contributed by atoms with E-state index in [4.69, 9.17) is 5.73 Å². The number of hydrogen-bond acceptors (Lipinski definition) is 4. The number of nitrogens with two attached hydrogens (primary N) is 1. The molecule has 0 spiro atoms. The summed E-state index contributed by atoms with van der Waals surface area (Å²) in [5, 5.41) is 3.57. The van der Waals surface area contributed by atoms with Crippen molar-refractivity contribution in [1.82, 2.24) is 0 Å². The number of amides is 1. The van der Waals surface area contributed by atoms with Gasteiger partial charge in [-0.3, -0.25) is 9.79 Å². The van der Waals surface area contributed by atoms with Gasteiger partial charge >= 0.3 is 0 Å². The van der Waals surface area contributed by atoms with E-state index in [0.717, 1.165) is 27.9 Å². The zero-order valence-electron chi connectivity index (χ0n) is 13.3. The second-order valence-electron chi connectivity index (χ2n) is 5.87. The van der Waals surface area contributed by atoms with Crippen LogP contribution in [0.3, 0.4) is 0 Å². The average Bonchev–Trinajstić information content (AvgIpc) is 2.55. The predicted octanol–water partition coefficient (Wildman–Crippen LogP) is 4.37. The minimum absolute atomic E-state index is 0.138. The molecule has 3 rings (SSSR count). The lowest BCUT2D eigenvalue weighted by Crippen LogP contribution is -2.28. The molecule has 2 aromatic carbocycles. The Morgan fingerprint density at radius 1 is 1.29 bits per heavy atom. The van der Waals surface area contributed by atoms with Crippen molar-refractivity contribution in [1.29, 1.82) is 0 Å². The van der Waals surface area contributed by atoms with Crippen molar-refractivity contribution in [3.8, 4) is 0 Å². The van der Waals surface area contributed by atoms with Crippen molar-refractivity contribution in [3.63, 3.8) is 0 Å². The lowest BCUT2D eigenvalue weighted by Gasteiger charge is -2.30. The van der Waals surface area contributed by atoms with Gasteiger partial charge in [0.1, 0.15) is 0 Å². The third-order valence-corrected chi connectivity index (χ3v) is 5.31. The quantitative estimate of drug-likeness (QED) is 0.799.